The van der Waals surface area contributed by atoms with Crippen LogP contribution in [0.15, 0.2) is 235 Å². The maximum Gasteiger partial charge on any atom is 0.227 e. The van der Waals surface area contributed by atoms with E-state index in [-0.39, 0.29) is 0 Å². The van der Waals surface area contributed by atoms with Gasteiger partial charge in [0.1, 0.15) is 17.2 Å². The molecule has 0 radical (unpaired) electrons. The number of nitrogens with zero attached hydrogens (tertiary/aromatic N) is 6. The van der Waals surface area contributed by atoms with Crippen molar-refractivity contribution in [3.63, 3.8) is 0 Å². The molecule has 0 atom stereocenters. The van der Waals surface area contributed by atoms with Gasteiger partial charge in [0.2, 0.25) is 5.71 Å². The molecule has 0 saturated heterocycles. The Bertz CT molecular complexity index is 3770. The molecule has 0 amide bonds. The van der Waals surface area contributed by atoms with E-state index in [0.29, 0.717) is 5.71 Å². The second kappa shape index (κ2) is 15.3. The van der Waals surface area contributed by atoms with Gasteiger partial charge < -0.3 is 9.32 Å². The Kier molecular flexibility index (Phi) is 8.70. The van der Waals surface area contributed by atoms with Crippen molar-refractivity contribution in [2.45, 2.75) is 0 Å². The Morgan fingerprint density at radius 1 is 0.364 bits per heavy atom. The number of pyridine rings is 1. The molecule has 4 aromatic heterocycles. The standard InChI is InChI=1S/C59H38N6O/c1-3-13-44(14-4-1)64-54-20-10-8-18-52(54)60-57(64)39-25-30-46(31-26-39)63(47-32-27-40(28-33-47)58-61-53-19-9-11-21-55(53)65(58)45-15-5-2-6-16-45)48-34-29-41-37-43(24-23-42(41)38-48)51-36-35-50-49-17-7-12-22-56(49)66-59(50)62-51/h1-38H. The maximum atomic E-state index is 6.15. The minimum absolute atomic E-state index is 0.645. The number of hydrogen-bond acceptors (Lipinski definition) is 5. The first-order chi connectivity index (χ1) is 32.7. The summed E-state index contributed by atoms with van der Waals surface area (Å²) in [5.41, 5.74) is 14.7. The predicted molar refractivity (Wildman–Crippen MR) is 269 cm³/mol. The van der Waals surface area contributed by atoms with Crippen molar-refractivity contribution < 1.29 is 4.42 Å². The lowest BCUT2D eigenvalue weighted by Gasteiger charge is -2.26. The molecule has 66 heavy (non-hydrogen) atoms. The highest BCUT2D eigenvalue weighted by Gasteiger charge is 2.20. The zero-order chi connectivity index (χ0) is 43.6. The van der Waals surface area contributed by atoms with E-state index in [0.717, 1.165) is 112 Å². The highest BCUT2D eigenvalue weighted by molar-refractivity contribution is 6.04. The fourth-order valence-electron chi connectivity index (χ4n) is 9.38. The van der Waals surface area contributed by atoms with Crippen molar-refractivity contribution in [3.8, 4) is 45.4 Å². The van der Waals surface area contributed by atoms with Crippen LogP contribution < -0.4 is 4.90 Å². The minimum Gasteiger partial charge on any atom is -0.438 e. The smallest absolute Gasteiger partial charge is 0.227 e. The summed E-state index contributed by atoms with van der Waals surface area (Å²) in [4.78, 5) is 17.6. The Morgan fingerprint density at radius 3 is 1.48 bits per heavy atom. The average Bonchev–Trinajstić information content (AvgIpc) is 4.09. The van der Waals surface area contributed by atoms with E-state index in [1.165, 1.54) is 0 Å². The monoisotopic (exact) mass is 846 g/mol. The van der Waals surface area contributed by atoms with Gasteiger partial charge in [0.15, 0.2) is 0 Å². The van der Waals surface area contributed by atoms with Crippen LogP contribution in [0.5, 0.6) is 0 Å². The molecule has 0 unspecified atom stereocenters. The van der Waals surface area contributed by atoms with Crippen molar-refractivity contribution in [1.82, 2.24) is 24.1 Å². The molecular formula is C59H38N6O. The molecule has 0 N–H and O–H groups in total. The van der Waals surface area contributed by atoms with E-state index < -0.39 is 0 Å². The van der Waals surface area contributed by atoms with Crippen LogP contribution in [0, 0.1) is 0 Å². The third kappa shape index (κ3) is 6.32. The van der Waals surface area contributed by atoms with Gasteiger partial charge in [0.05, 0.1) is 27.8 Å². The van der Waals surface area contributed by atoms with Gasteiger partial charge in [0.25, 0.3) is 0 Å². The molecule has 0 spiro atoms. The summed E-state index contributed by atoms with van der Waals surface area (Å²) in [5.74, 6) is 1.78. The lowest BCUT2D eigenvalue weighted by molar-refractivity contribution is 0.654. The van der Waals surface area contributed by atoms with E-state index in [1.54, 1.807) is 0 Å². The second-order valence-corrected chi connectivity index (χ2v) is 16.5. The second-order valence-electron chi connectivity index (χ2n) is 16.5. The third-order valence-electron chi connectivity index (χ3n) is 12.5. The van der Waals surface area contributed by atoms with Crippen LogP contribution in [0.2, 0.25) is 0 Å². The van der Waals surface area contributed by atoms with Crippen LogP contribution >= 0.6 is 0 Å². The van der Waals surface area contributed by atoms with Gasteiger partial charge in [-0.05, 0) is 144 Å². The first kappa shape index (κ1) is 37.5. The van der Waals surface area contributed by atoms with Gasteiger partial charge in [-0.25, -0.2) is 15.0 Å². The number of para-hydroxylation sites is 7. The number of aromatic nitrogens is 5. The van der Waals surface area contributed by atoms with Crippen LogP contribution in [0.3, 0.4) is 0 Å². The van der Waals surface area contributed by atoms with Crippen molar-refractivity contribution in [1.29, 1.82) is 0 Å². The van der Waals surface area contributed by atoms with Gasteiger partial charge in [-0.2, -0.15) is 0 Å². The first-order valence-electron chi connectivity index (χ1n) is 22.1. The van der Waals surface area contributed by atoms with Gasteiger partial charge in [-0.3, -0.25) is 9.13 Å². The normalized spacial score (nSPS) is 11.6. The van der Waals surface area contributed by atoms with Crippen LogP contribution in [-0.4, -0.2) is 24.1 Å². The number of benzene rings is 9. The van der Waals surface area contributed by atoms with Gasteiger partial charge in [-0.15, -0.1) is 0 Å². The van der Waals surface area contributed by atoms with Gasteiger partial charge in [0, 0.05) is 55.9 Å². The molecule has 7 nitrogen and oxygen atoms in total. The summed E-state index contributed by atoms with van der Waals surface area (Å²) in [7, 11) is 0. The van der Waals surface area contributed by atoms with Crippen LogP contribution in [0.25, 0.3) is 100 Å². The zero-order valence-electron chi connectivity index (χ0n) is 35.5. The SMILES string of the molecule is c1ccc(-n2c(-c3ccc(N(c4ccc(-c5nc6ccccc6n5-c5ccccc5)cc4)c4ccc5cc(-c6ccc7c(n6)oc6ccccc67)ccc5c4)cc3)nc3ccccc32)cc1. The fourth-order valence-corrected chi connectivity index (χ4v) is 9.38. The highest BCUT2D eigenvalue weighted by atomic mass is 16.3. The molecule has 0 aliphatic rings. The molecule has 9 aromatic carbocycles. The summed E-state index contributed by atoms with van der Waals surface area (Å²) in [6.07, 6.45) is 0. The van der Waals surface area contributed by atoms with Gasteiger partial charge >= 0.3 is 0 Å². The molecule has 0 bridgehead atoms. The Labute approximate surface area is 379 Å². The molecule has 0 aliphatic heterocycles. The van der Waals surface area contributed by atoms with E-state index >= 15 is 0 Å². The largest absolute Gasteiger partial charge is 0.438 e. The quantitative estimate of drug-likeness (QED) is 0.152. The van der Waals surface area contributed by atoms with E-state index in [4.69, 9.17) is 19.4 Å². The lowest BCUT2D eigenvalue weighted by atomic mass is 10.0. The van der Waals surface area contributed by atoms with Crippen LogP contribution in [-0.2, 0) is 0 Å². The summed E-state index contributed by atoms with van der Waals surface area (Å²) >= 11 is 0. The third-order valence-corrected chi connectivity index (χ3v) is 12.5. The van der Waals surface area contributed by atoms with Crippen molar-refractivity contribution >= 4 is 72.0 Å². The molecule has 0 aliphatic carbocycles. The van der Waals surface area contributed by atoms with Crippen molar-refractivity contribution in [3.05, 3.63) is 231 Å². The number of furan rings is 1. The summed E-state index contributed by atoms with van der Waals surface area (Å²) < 4.78 is 10.6. The molecule has 310 valence electrons. The summed E-state index contributed by atoms with van der Waals surface area (Å²) in [6.45, 7) is 0. The Balaban J connectivity index is 0.912. The fraction of sp³-hybridized carbons (Fsp3) is 0. The van der Waals surface area contributed by atoms with Crippen molar-refractivity contribution in [2.24, 2.45) is 0 Å². The number of fused-ring (bicyclic) bond motifs is 6. The molecule has 0 saturated carbocycles. The zero-order valence-corrected chi connectivity index (χ0v) is 35.5. The van der Waals surface area contributed by atoms with E-state index in [2.05, 4.69) is 202 Å². The number of hydrogen-bond donors (Lipinski definition) is 0. The van der Waals surface area contributed by atoms with Crippen molar-refractivity contribution in [2.75, 3.05) is 4.90 Å². The average molecular weight is 847 g/mol. The maximum absolute atomic E-state index is 6.15. The molecule has 13 rings (SSSR count). The number of imidazole rings is 2. The molecule has 0 fully saturated rings. The highest BCUT2D eigenvalue weighted by Crippen LogP contribution is 2.40. The molecule has 7 heteroatoms. The summed E-state index contributed by atoms with van der Waals surface area (Å²) in [5, 5.41) is 4.33. The molecule has 13 aromatic rings. The van der Waals surface area contributed by atoms with Crippen LogP contribution in [0.1, 0.15) is 0 Å². The van der Waals surface area contributed by atoms with Gasteiger partial charge in [-0.1, -0.05) is 97.1 Å². The van der Waals surface area contributed by atoms with Crippen LogP contribution in [0.4, 0.5) is 17.1 Å². The molecular weight excluding hydrogens is 809 g/mol. The Morgan fingerprint density at radius 2 is 0.864 bits per heavy atom. The topological polar surface area (TPSA) is 64.9 Å². The number of rotatable bonds is 8. The predicted octanol–water partition coefficient (Wildman–Crippen LogP) is 15.3. The van der Waals surface area contributed by atoms with E-state index in [1.807, 2.05) is 42.5 Å². The minimum atomic E-state index is 0.645. The van der Waals surface area contributed by atoms with E-state index in [9.17, 15) is 0 Å². The molecule has 4 heterocycles. The lowest BCUT2D eigenvalue weighted by Crippen LogP contribution is -2.10. The number of anilines is 3. The Hall–Kier alpha value is -9.07. The first-order valence-corrected chi connectivity index (χ1v) is 22.1. The summed E-state index contributed by atoms with van der Waals surface area (Å²) in [6, 6.07) is 80.5.